The van der Waals surface area contributed by atoms with E-state index in [2.05, 4.69) is 15.6 Å². The van der Waals surface area contributed by atoms with Crippen molar-refractivity contribution < 1.29 is 10.0 Å². The zero-order chi connectivity index (χ0) is 15.1. The lowest BCUT2D eigenvalue weighted by Gasteiger charge is -2.14. The highest BCUT2D eigenvalue weighted by atomic mass is 16.4. The zero-order valence-electron chi connectivity index (χ0n) is 12.3. The Morgan fingerprint density at radius 1 is 1.60 bits per heavy atom. The number of oxime groups is 1. The maximum Gasteiger partial charge on any atom is 0.231 e. The van der Waals surface area contributed by atoms with Crippen LogP contribution >= 0.6 is 0 Å². The Hall–Kier alpha value is -2.05. The number of aromatic nitrogens is 2. The first-order valence-electron chi connectivity index (χ1n) is 6.79. The number of aryl methyl sites for hydroxylation is 2. The molecule has 0 saturated carbocycles. The highest BCUT2D eigenvalue weighted by Gasteiger charge is 2.22. The summed E-state index contributed by atoms with van der Waals surface area (Å²) in [6.07, 6.45) is 4.03. The molecule has 1 rings (SSSR count). The summed E-state index contributed by atoms with van der Waals surface area (Å²) in [5, 5.41) is 18.8. The molecule has 1 amide bonds. The Labute approximate surface area is 118 Å². The molecule has 4 N–H and O–H groups in total. The summed E-state index contributed by atoms with van der Waals surface area (Å²) >= 11 is 0. The van der Waals surface area contributed by atoms with E-state index in [1.54, 1.807) is 4.68 Å². The van der Waals surface area contributed by atoms with Crippen LogP contribution in [-0.4, -0.2) is 26.7 Å². The van der Waals surface area contributed by atoms with Gasteiger partial charge in [-0.15, -0.1) is 0 Å². The predicted molar refractivity (Wildman–Crippen MR) is 76.2 cm³/mol. The van der Waals surface area contributed by atoms with Crippen LogP contribution in [0.1, 0.15) is 37.9 Å². The van der Waals surface area contributed by atoms with Crippen molar-refractivity contribution in [3.63, 3.8) is 0 Å². The number of rotatable bonds is 7. The van der Waals surface area contributed by atoms with Crippen LogP contribution in [-0.2, 0) is 24.8 Å². The van der Waals surface area contributed by atoms with Gasteiger partial charge < -0.3 is 16.3 Å². The van der Waals surface area contributed by atoms with Crippen molar-refractivity contribution in [1.82, 2.24) is 15.1 Å². The molecule has 7 nitrogen and oxygen atoms in total. The largest absolute Gasteiger partial charge is 0.409 e. The van der Waals surface area contributed by atoms with Crippen LogP contribution in [0, 0.1) is 5.92 Å². The molecule has 112 valence electrons. The lowest BCUT2D eigenvalue weighted by molar-refractivity contribution is -0.123. The summed E-state index contributed by atoms with van der Waals surface area (Å²) in [4.78, 5) is 12.1. The standard InChI is InChI=1S/C13H23N5O2/c1-4-6-10(12(14)17-20)13(19)15-7-9-8-18(3)16-11(9)5-2/h8,10,20H,4-7H2,1-3H3,(H2,14,17)(H,15,19). The molecule has 1 unspecified atom stereocenters. The van der Waals surface area contributed by atoms with Crippen LogP contribution in [0.25, 0.3) is 0 Å². The molecule has 1 atom stereocenters. The van der Waals surface area contributed by atoms with E-state index in [0.29, 0.717) is 13.0 Å². The third-order valence-electron chi connectivity index (χ3n) is 3.15. The summed E-state index contributed by atoms with van der Waals surface area (Å²) in [5.74, 6) is -0.869. The van der Waals surface area contributed by atoms with E-state index in [1.807, 2.05) is 27.1 Å². The smallest absolute Gasteiger partial charge is 0.231 e. The van der Waals surface area contributed by atoms with Gasteiger partial charge in [-0.25, -0.2) is 0 Å². The van der Waals surface area contributed by atoms with Gasteiger partial charge in [-0.3, -0.25) is 9.48 Å². The van der Waals surface area contributed by atoms with Crippen LogP contribution in [0.4, 0.5) is 0 Å². The second-order valence-electron chi connectivity index (χ2n) is 4.71. The number of hydrogen-bond acceptors (Lipinski definition) is 4. The van der Waals surface area contributed by atoms with Crippen molar-refractivity contribution in [2.75, 3.05) is 0 Å². The number of carbonyl (C=O) groups is 1. The predicted octanol–water partition coefficient (Wildman–Crippen LogP) is 0.761. The van der Waals surface area contributed by atoms with Gasteiger partial charge in [0.1, 0.15) is 0 Å². The molecule has 0 aliphatic rings. The first-order chi connectivity index (χ1) is 9.53. The van der Waals surface area contributed by atoms with Crippen molar-refractivity contribution in [3.8, 4) is 0 Å². The Morgan fingerprint density at radius 3 is 2.85 bits per heavy atom. The molecule has 0 aliphatic carbocycles. The van der Waals surface area contributed by atoms with Crippen LogP contribution in [0.2, 0.25) is 0 Å². The van der Waals surface area contributed by atoms with Crippen molar-refractivity contribution in [3.05, 3.63) is 17.5 Å². The molecular formula is C13H23N5O2. The number of amides is 1. The van der Waals surface area contributed by atoms with Gasteiger partial charge in [-0.05, 0) is 12.8 Å². The Morgan fingerprint density at radius 2 is 2.30 bits per heavy atom. The molecule has 1 aromatic rings. The van der Waals surface area contributed by atoms with Crippen LogP contribution in [0.15, 0.2) is 11.4 Å². The average molecular weight is 281 g/mol. The van der Waals surface area contributed by atoms with Gasteiger partial charge in [0, 0.05) is 25.4 Å². The summed E-state index contributed by atoms with van der Waals surface area (Å²) in [5.41, 5.74) is 7.50. The molecule has 1 heterocycles. The second kappa shape index (κ2) is 7.52. The van der Waals surface area contributed by atoms with E-state index < -0.39 is 5.92 Å². The van der Waals surface area contributed by atoms with Gasteiger partial charge in [0.25, 0.3) is 0 Å². The molecule has 0 radical (unpaired) electrons. The molecule has 0 aliphatic heterocycles. The van der Waals surface area contributed by atoms with Gasteiger partial charge in [-0.2, -0.15) is 5.10 Å². The van der Waals surface area contributed by atoms with Crippen LogP contribution in [0.5, 0.6) is 0 Å². The highest BCUT2D eigenvalue weighted by molar-refractivity contribution is 6.01. The van der Waals surface area contributed by atoms with E-state index in [-0.39, 0.29) is 11.7 Å². The van der Waals surface area contributed by atoms with Crippen LogP contribution in [0.3, 0.4) is 0 Å². The maximum atomic E-state index is 12.1. The molecule has 0 fully saturated rings. The van der Waals surface area contributed by atoms with Gasteiger partial charge in [0.15, 0.2) is 5.84 Å². The molecular weight excluding hydrogens is 258 g/mol. The monoisotopic (exact) mass is 281 g/mol. The fourth-order valence-electron chi connectivity index (χ4n) is 2.11. The molecule has 0 spiro atoms. The van der Waals surface area contributed by atoms with Crippen molar-refractivity contribution >= 4 is 11.7 Å². The topological polar surface area (TPSA) is 106 Å². The molecule has 0 bridgehead atoms. The van der Waals surface area contributed by atoms with Gasteiger partial charge in [0.2, 0.25) is 5.91 Å². The minimum Gasteiger partial charge on any atom is -0.409 e. The number of nitrogens with zero attached hydrogens (tertiary/aromatic N) is 3. The van der Waals surface area contributed by atoms with E-state index in [1.165, 1.54) is 0 Å². The van der Waals surface area contributed by atoms with E-state index in [9.17, 15) is 4.79 Å². The number of amidine groups is 1. The molecule has 0 saturated heterocycles. The lowest BCUT2D eigenvalue weighted by Crippen LogP contribution is -2.38. The van der Waals surface area contributed by atoms with E-state index in [0.717, 1.165) is 24.1 Å². The fourth-order valence-corrected chi connectivity index (χ4v) is 2.11. The molecule has 0 aromatic carbocycles. The quantitative estimate of drug-likeness (QED) is 0.297. The zero-order valence-corrected chi connectivity index (χ0v) is 12.3. The van der Waals surface area contributed by atoms with Crippen LogP contribution < -0.4 is 11.1 Å². The third kappa shape index (κ3) is 3.97. The number of nitrogens with two attached hydrogens (primary N) is 1. The number of hydrogen-bond donors (Lipinski definition) is 3. The highest BCUT2D eigenvalue weighted by Crippen LogP contribution is 2.10. The summed E-state index contributed by atoms with van der Waals surface area (Å²) in [6.45, 7) is 4.36. The molecule has 20 heavy (non-hydrogen) atoms. The average Bonchev–Trinajstić information content (AvgIpc) is 2.81. The second-order valence-corrected chi connectivity index (χ2v) is 4.71. The number of carbonyl (C=O) groups excluding carboxylic acids is 1. The third-order valence-corrected chi connectivity index (χ3v) is 3.15. The van der Waals surface area contributed by atoms with E-state index >= 15 is 0 Å². The Kier molecular flexibility index (Phi) is 6.02. The summed E-state index contributed by atoms with van der Waals surface area (Å²) in [6, 6.07) is 0. The molecule has 1 aromatic heterocycles. The van der Waals surface area contributed by atoms with E-state index in [4.69, 9.17) is 10.9 Å². The van der Waals surface area contributed by atoms with Gasteiger partial charge in [-0.1, -0.05) is 25.4 Å². The first-order valence-corrected chi connectivity index (χ1v) is 6.79. The fraction of sp³-hybridized carbons (Fsp3) is 0.615. The normalized spacial score (nSPS) is 13.2. The maximum absolute atomic E-state index is 12.1. The van der Waals surface area contributed by atoms with Crippen molar-refractivity contribution in [2.45, 2.75) is 39.7 Å². The van der Waals surface area contributed by atoms with Gasteiger partial charge in [0.05, 0.1) is 11.6 Å². The lowest BCUT2D eigenvalue weighted by atomic mass is 10.0. The minimum atomic E-state index is -0.591. The van der Waals surface area contributed by atoms with Crippen molar-refractivity contribution in [1.29, 1.82) is 0 Å². The van der Waals surface area contributed by atoms with Gasteiger partial charge >= 0.3 is 0 Å². The Bertz CT molecular complexity index is 481. The molecule has 7 heteroatoms. The minimum absolute atomic E-state index is 0.0498. The summed E-state index contributed by atoms with van der Waals surface area (Å²) < 4.78 is 1.73. The number of nitrogens with one attached hydrogen (secondary N) is 1. The first kappa shape index (κ1) is 16.0. The Balaban J connectivity index is 2.69. The SMILES string of the molecule is CCCC(C(=O)NCc1cn(C)nc1CC)C(N)=NO. The van der Waals surface area contributed by atoms with Crippen molar-refractivity contribution in [2.24, 2.45) is 23.9 Å². The summed E-state index contributed by atoms with van der Waals surface area (Å²) in [7, 11) is 1.85.